The number of carbonyl (C=O) groups excluding carboxylic acids is 3. The lowest BCUT2D eigenvalue weighted by molar-refractivity contribution is -0.193. The summed E-state index contributed by atoms with van der Waals surface area (Å²) < 4.78 is 6.10. The van der Waals surface area contributed by atoms with E-state index in [1.807, 2.05) is 26.0 Å². The third-order valence-corrected chi connectivity index (χ3v) is 14.0. The zero-order valence-electron chi connectivity index (χ0n) is 28.9. The van der Waals surface area contributed by atoms with E-state index in [9.17, 15) is 19.6 Å². The summed E-state index contributed by atoms with van der Waals surface area (Å²) in [5.41, 5.74) is -1.04. The third kappa shape index (κ3) is 4.79. The molecule has 0 aromatic rings. The van der Waals surface area contributed by atoms with E-state index in [4.69, 9.17) is 4.74 Å². The van der Waals surface area contributed by atoms with Crippen LogP contribution >= 0.6 is 0 Å². The summed E-state index contributed by atoms with van der Waals surface area (Å²) in [7, 11) is 0. The molecule has 44 heavy (non-hydrogen) atoms. The molecular weight excluding hydrogens is 546 g/mol. The van der Waals surface area contributed by atoms with Crippen molar-refractivity contribution in [3.8, 4) is 6.07 Å². The summed E-state index contributed by atoms with van der Waals surface area (Å²) in [5, 5.41) is 9.96. The van der Waals surface area contributed by atoms with Gasteiger partial charge in [0, 0.05) is 16.7 Å². The summed E-state index contributed by atoms with van der Waals surface area (Å²) in [6.07, 6.45) is 16.7. The number of ether oxygens (including phenoxy) is 1. The second-order valence-electron chi connectivity index (χ2n) is 17.3. The molecule has 0 aromatic carbocycles. The number of nitrogens with zero attached hydrogens (tertiary/aromatic N) is 1. The van der Waals surface area contributed by atoms with Crippen molar-refractivity contribution in [3.05, 3.63) is 23.3 Å². The van der Waals surface area contributed by atoms with Gasteiger partial charge in [0.2, 0.25) is 0 Å². The Bertz CT molecular complexity index is 1310. The van der Waals surface area contributed by atoms with Gasteiger partial charge in [-0.3, -0.25) is 14.4 Å². The van der Waals surface area contributed by atoms with Crippen molar-refractivity contribution in [3.63, 3.8) is 0 Å². The Morgan fingerprint density at radius 3 is 2.27 bits per heavy atom. The first-order chi connectivity index (χ1) is 20.5. The van der Waals surface area contributed by atoms with Crippen molar-refractivity contribution in [1.82, 2.24) is 0 Å². The largest absolute Gasteiger partial charge is 0.465 e. The van der Waals surface area contributed by atoms with E-state index in [0.29, 0.717) is 6.61 Å². The van der Waals surface area contributed by atoms with Crippen LogP contribution in [0.5, 0.6) is 0 Å². The van der Waals surface area contributed by atoms with Crippen molar-refractivity contribution in [2.75, 3.05) is 6.61 Å². The highest BCUT2D eigenvalue weighted by Gasteiger charge is 2.71. The van der Waals surface area contributed by atoms with Crippen LogP contribution in [0.3, 0.4) is 0 Å². The monoisotopic (exact) mass is 603 g/mol. The van der Waals surface area contributed by atoms with Crippen LogP contribution in [0.25, 0.3) is 0 Å². The molecule has 3 fully saturated rings. The van der Waals surface area contributed by atoms with Crippen molar-refractivity contribution in [2.45, 2.75) is 139 Å². The van der Waals surface area contributed by atoms with Gasteiger partial charge in [0.25, 0.3) is 0 Å². The van der Waals surface area contributed by atoms with Crippen molar-refractivity contribution in [2.24, 2.45) is 50.2 Å². The van der Waals surface area contributed by atoms with E-state index in [-0.39, 0.29) is 57.1 Å². The molecule has 7 atom stereocenters. The minimum Gasteiger partial charge on any atom is -0.465 e. The Labute approximate surface area is 266 Å². The number of ketones is 2. The SMILES string of the molecule is CCCCCCCCOC(=O)[C@]12CCC(C)(C)C[C@H]1[C@H]1C(=O)C=C3[C@@]4(C)C=C(C#N)C(=O)C(C)(C)[C@@H]4CC[C@@]3(C)[C@]1(C)CC2. The van der Waals surface area contributed by atoms with Gasteiger partial charge in [0.15, 0.2) is 11.6 Å². The molecule has 242 valence electrons. The summed E-state index contributed by atoms with van der Waals surface area (Å²) in [6.45, 7) is 18.1. The maximum absolute atomic E-state index is 14.7. The maximum Gasteiger partial charge on any atom is 0.312 e. The number of fused-ring (bicyclic) bond motifs is 7. The van der Waals surface area contributed by atoms with Crippen LogP contribution in [-0.4, -0.2) is 24.1 Å². The Balaban J connectivity index is 1.51. The lowest BCUT2D eigenvalue weighted by Crippen LogP contribution is -2.66. The first kappa shape index (κ1) is 33.2. The zero-order valence-corrected chi connectivity index (χ0v) is 28.9. The average Bonchev–Trinajstić information content (AvgIpc) is 2.95. The first-order valence-electron chi connectivity index (χ1n) is 17.7. The van der Waals surface area contributed by atoms with Gasteiger partial charge >= 0.3 is 5.97 Å². The van der Waals surface area contributed by atoms with Crippen LogP contribution in [0.15, 0.2) is 23.3 Å². The van der Waals surface area contributed by atoms with Crippen molar-refractivity contribution in [1.29, 1.82) is 5.26 Å². The lowest BCUT2D eigenvalue weighted by Gasteiger charge is -2.68. The predicted octanol–water partition coefficient (Wildman–Crippen LogP) is 9.11. The molecule has 0 aromatic heterocycles. The number of nitriles is 1. The fourth-order valence-electron chi connectivity index (χ4n) is 11.2. The standard InChI is InChI=1S/C39H57NO4/c1-9-10-11-12-13-14-21-44-33(43)39-19-17-34(2,3)24-27(39)31-28(41)22-30-36(6)23-26(25-40)32(42)35(4,5)29(36)15-16-37(30,7)38(31,8)18-20-39/h22-23,27,29,31H,9-21,24H2,1-8H3/t27-,29-,31-,36-,37+,38+,39-/m0/s1. The predicted molar refractivity (Wildman–Crippen MR) is 173 cm³/mol. The molecule has 0 unspecified atom stereocenters. The second kappa shape index (κ2) is 11.2. The fraction of sp³-hybridized carbons (Fsp3) is 0.795. The van der Waals surface area contributed by atoms with Gasteiger partial charge in [-0.1, -0.05) is 99.1 Å². The van der Waals surface area contributed by atoms with Crippen LogP contribution < -0.4 is 0 Å². The molecule has 5 heteroatoms. The highest BCUT2D eigenvalue weighted by molar-refractivity contribution is 6.04. The van der Waals surface area contributed by atoms with Crippen LogP contribution in [0.1, 0.15) is 139 Å². The van der Waals surface area contributed by atoms with Crippen molar-refractivity contribution >= 4 is 17.5 Å². The third-order valence-electron chi connectivity index (χ3n) is 14.0. The topological polar surface area (TPSA) is 84.2 Å². The highest BCUT2D eigenvalue weighted by atomic mass is 16.5. The van der Waals surface area contributed by atoms with Crippen LogP contribution in [0.2, 0.25) is 0 Å². The zero-order chi connectivity index (χ0) is 32.3. The summed E-state index contributed by atoms with van der Waals surface area (Å²) >= 11 is 0. The van der Waals surface area contributed by atoms with E-state index < -0.39 is 16.2 Å². The van der Waals surface area contributed by atoms with Crippen LogP contribution in [-0.2, 0) is 19.1 Å². The Hall–Kier alpha value is -2.22. The van der Waals surface area contributed by atoms with Crippen LogP contribution in [0.4, 0.5) is 0 Å². The number of rotatable bonds is 8. The Morgan fingerprint density at radius 2 is 1.59 bits per heavy atom. The number of hydrogen-bond acceptors (Lipinski definition) is 5. The van der Waals surface area contributed by atoms with Gasteiger partial charge in [-0.05, 0) is 85.5 Å². The lowest BCUT2D eigenvalue weighted by atomic mass is 9.34. The normalized spacial score (nSPS) is 40.3. The number of unbranched alkanes of at least 4 members (excludes halogenated alkanes) is 5. The van der Waals surface area contributed by atoms with Gasteiger partial charge in [-0.2, -0.15) is 5.26 Å². The first-order valence-corrected chi connectivity index (χ1v) is 17.7. The smallest absolute Gasteiger partial charge is 0.312 e. The van der Waals surface area contributed by atoms with Gasteiger partial charge < -0.3 is 4.74 Å². The fourth-order valence-corrected chi connectivity index (χ4v) is 11.2. The van der Waals surface area contributed by atoms with Gasteiger partial charge in [-0.15, -0.1) is 0 Å². The van der Waals surface area contributed by atoms with E-state index in [1.54, 1.807) is 0 Å². The molecule has 0 radical (unpaired) electrons. The number of hydrogen-bond donors (Lipinski definition) is 0. The number of allylic oxidation sites excluding steroid dienone is 4. The Morgan fingerprint density at radius 1 is 0.932 bits per heavy atom. The molecule has 5 nitrogen and oxygen atoms in total. The molecule has 5 aliphatic rings. The quantitative estimate of drug-likeness (QED) is 0.204. The number of Topliss-reactive ketones (excluding diaryl/α,β-unsaturated/α-hetero) is 1. The number of esters is 1. The van der Waals surface area contributed by atoms with Crippen LogP contribution in [0, 0.1) is 61.6 Å². The van der Waals surface area contributed by atoms with Gasteiger partial charge in [-0.25, -0.2) is 0 Å². The molecule has 0 N–H and O–H groups in total. The van der Waals surface area contributed by atoms with Gasteiger partial charge in [0.1, 0.15) is 6.07 Å². The minimum absolute atomic E-state index is 0.0279. The van der Waals surface area contributed by atoms with E-state index in [0.717, 1.165) is 63.4 Å². The van der Waals surface area contributed by atoms with E-state index >= 15 is 0 Å². The number of carbonyl (C=O) groups is 3. The Kier molecular flexibility index (Phi) is 8.47. The molecule has 0 heterocycles. The molecule has 0 bridgehead atoms. The molecule has 0 spiro atoms. The average molecular weight is 604 g/mol. The molecule has 0 amide bonds. The maximum atomic E-state index is 14.7. The molecular formula is C39H57NO4. The summed E-state index contributed by atoms with van der Waals surface area (Å²) in [5.74, 6) is -0.275. The minimum atomic E-state index is -0.674. The summed E-state index contributed by atoms with van der Waals surface area (Å²) in [4.78, 5) is 42.1. The molecule has 0 aliphatic heterocycles. The second-order valence-corrected chi connectivity index (χ2v) is 17.3. The molecule has 0 saturated heterocycles. The molecule has 3 saturated carbocycles. The summed E-state index contributed by atoms with van der Waals surface area (Å²) in [6, 6.07) is 2.20. The van der Waals surface area contributed by atoms with E-state index in [2.05, 4.69) is 47.6 Å². The molecule has 5 aliphatic carbocycles. The van der Waals surface area contributed by atoms with Crippen molar-refractivity contribution < 1.29 is 19.1 Å². The molecule has 5 rings (SSSR count). The highest BCUT2D eigenvalue weighted by Crippen LogP contribution is 2.74. The van der Waals surface area contributed by atoms with E-state index in [1.165, 1.54) is 25.7 Å². The van der Waals surface area contributed by atoms with Gasteiger partial charge in [0.05, 0.1) is 17.6 Å².